The molecule has 4 amide bonds. The average Bonchev–Trinajstić information content (AvgIpc) is 3.83. The number of benzene rings is 2. The second-order valence-corrected chi connectivity index (χ2v) is 15.7. The largest absolute Gasteiger partial charge is 0.401 e. The zero-order valence-corrected chi connectivity index (χ0v) is 31.3. The summed E-state index contributed by atoms with van der Waals surface area (Å²) in [7, 11) is 0. The molecule has 5 aromatic rings. The first-order valence-corrected chi connectivity index (χ1v) is 18.4. The van der Waals surface area contributed by atoms with Crippen LogP contribution in [0.2, 0.25) is 5.02 Å². The van der Waals surface area contributed by atoms with Gasteiger partial charge in [-0.2, -0.15) is 18.3 Å². The van der Waals surface area contributed by atoms with E-state index in [0.717, 1.165) is 50.9 Å². The lowest BCUT2D eigenvalue weighted by Crippen LogP contribution is -2.61. The van der Waals surface area contributed by atoms with Crippen molar-refractivity contribution >= 4 is 35.1 Å². The number of halogens is 5. The monoisotopic (exact) mass is 806 g/mol. The molecule has 3 aromatic heterocycles. The highest BCUT2D eigenvalue weighted by Gasteiger charge is 2.53. The van der Waals surface area contributed by atoms with Gasteiger partial charge in [0.2, 0.25) is 11.7 Å². The number of likely N-dealkylation sites (tertiary alicyclic amines) is 1. The van der Waals surface area contributed by atoms with Crippen LogP contribution in [0, 0.1) is 11.2 Å². The molecule has 57 heavy (non-hydrogen) atoms. The minimum Gasteiger partial charge on any atom is -0.350 e. The summed E-state index contributed by atoms with van der Waals surface area (Å²) in [6.07, 6.45) is 0.459. The van der Waals surface area contributed by atoms with Gasteiger partial charge in [0.05, 0.1) is 17.3 Å². The SMILES string of the molecule is CC(C)(c1n[nH]c(CNC(=O)c2cc(-c3ncc(-c4ccc(CN5CC6(CC(c7cccc(N8CCC(=O)NC8=O)c7Cl)C6)C5)cc4F)cn3)no2)n1)C(F)(F)F. The van der Waals surface area contributed by atoms with Crippen LogP contribution in [0.4, 0.5) is 28.0 Å². The lowest BCUT2D eigenvalue weighted by atomic mass is 9.56. The number of nitrogens with one attached hydrogen (secondary N) is 3. The van der Waals surface area contributed by atoms with Crippen molar-refractivity contribution < 1.29 is 36.5 Å². The first-order chi connectivity index (χ1) is 27.1. The fourth-order valence-corrected chi connectivity index (χ4v) is 7.98. The molecular weight excluding hydrogens is 772 g/mol. The van der Waals surface area contributed by atoms with Gasteiger partial charge in [0.15, 0.2) is 17.3 Å². The van der Waals surface area contributed by atoms with Crippen molar-refractivity contribution in [2.45, 2.75) is 63.7 Å². The van der Waals surface area contributed by atoms with Crippen molar-refractivity contribution in [1.29, 1.82) is 0 Å². The van der Waals surface area contributed by atoms with E-state index in [1.165, 1.54) is 29.4 Å². The zero-order chi connectivity index (χ0) is 40.3. The fourth-order valence-electron chi connectivity index (χ4n) is 7.60. The molecule has 2 aromatic carbocycles. The summed E-state index contributed by atoms with van der Waals surface area (Å²) in [6.45, 7) is 4.31. The highest BCUT2D eigenvalue weighted by atomic mass is 35.5. The second-order valence-electron chi connectivity index (χ2n) is 15.3. The summed E-state index contributed by atoms with van der Waals surface area (Å²) in [5.41, 5.74) is 1.22. The van der Waals surface area contributed by atoms with Gasteiger partial charge < -0.3 is 9.84 Å². The van der Waals surface area contributed by atoms with E-state index in [0.29, 0.717) is 28.4 Å². The van der Waals surface area contributed by atoms with Crippen molar-refractivity contribution in [2.75, 3.05) is 24.5 Å². The van der Waals surface area contributed by atoms with Gasteiger partial charge in [-0.05, 0) is 61.3 Å². The molecule has 3 N–H and O–H groups in total. The third-order valence-corrected chi connectivity index (χ3v) is 11.3. The van der Waals surface area contributed by atoms with Crippen LogP contribution in [0.1, 0.15) is 72.4 Å². The molecule has 3 fully saturated rings. The number of nitrogens with zero attached hydrogens (tertiary/aromatic N) is 7. The number of aromatic amines is 1. The van der Waals surface area contributed by atoms with Gasteiger partial charge in [-0.15, -0.1) is 0 Å². The molecule has 296 valence electrons. The number of anilines is 1. The molecule has 1 spiro atoms. The molecule has 3 aliphatic rings. The van der Waals surface area contributed by atoms with Crippen molar-refractivity contribution in [3.05, 3.63) is 94.2 Å². The number of carbonyl (C=O) groups is 3. The van der Waals surface area contributed by atoms with Gasteiger partial charge >= 0.3 is 12.2 Å². The van der Waals surface area contributed by atoms with Gasteiger partial charge in [-0.1, -0.05) is 41.0 Å². The maximum atomic E-state index is 15.4. The number of aromatic nitrogens is 6. The molecule has 0 unspecified atom stereocenters. The number of urea groups is 1. The molecule has 19 heteroatoms. The van der Waals surface area contributed by atoms with E-state index >= 15 is 4.39 Å². The van der Waals surface area contributed by atoms with Crippen LogP contribution in [-0.4, -0.2) is 78.9 Å². The molecule has 8 rings (SSSR count). The Kier molecular flexibility index (Phi) is 9.58. The molecule has 0 atom stereocenters. The normalized spacial score (nSPS) is 17.4. The third kappa shape index (κ3) is 7.34. The average molecular weight is 807 g/mol. The van der Waals surface area contributed by atoms with Crippen LogP contribution in [0.25, 0.3) is 22.6 Å². The summed E-state index contributed by atoms with van der Waals surface area (Å²) < 4.78 is 60.4. The maximum absolute atomic E-state index is 15.4. The second kappa shape index (κ2) is 14.3. The fraction of sp³-hybridized carbons (Fsp3) is 0.368. The Morgan fingerprint density at radius 3 is 2.54 bits per heavy atom. The van der Waals surface area contributed by atoms with Crippen molar-refractivity contribution in [3.8, 4) is 22.6 Å². The van der Waals surface area contributed by atoms with E-state index in [2.05, 4.69) is 45.8 Å². The highest BCUT2D eigenvalue weighted by molar-refractivity contribution is 6.34. The smallest absolute Gasteiger partial charge is 0.350 e. The van der Waals surface area contributed by atoms with Gasteiger partial charge in [0, 0.05) is 62.2 Å². The topological polar surface area (TPSA) is 175 Å². The van der Waals surface area contributed by atoms with Gasteiger partial charge in [-0.25, -0.2) is 24.1 Å². The van der Waals surface area contributed by atoms with Crippen molar-refractivity contribution in [3.63, 3.8) is 0 Å². The predicted molar refractivity (Wildman–Crippen MR) is 196 cm³/mol. The number of amides is 4. The summed E-state index contributed by atoms with van der Waals surface area (Å²) in [5, 5.41) is 15.2. The molecular formula is C38H35ClF4N10O4. The first kappa shape index (κ1) is 38.1. The molecule has 14 nitrogen and oxygen atoms in total. The van der Waals surface area contributed by atoms with E-state index in [1.54, 1.807) is 12.1 Å². The Morgan fingerprint density at radius 2 is 1.84 bits per heavy atom. The Balaban J connectivity index is 0.825. The minimum atomic E-state index is -4.57. The molecule has 0 bridgehead atoms. The van der Waals surface area contributed by atoms with Crippen LogP contribution >= 0.6 is 11.6 Å². The van der Waals surface area contributed by atoms with E-state index in [9.17, 15) is 27.6 Å². The van der Waals surface area contributed by atoms with Crippen molar-refractivity contribution in [1.82, 2.24) is 45.8 Å². The Labute approximate surface area is 327 Å². The molecule has 5 heterocycles. The van der Waals surface area contributed by atoms with Crippen LogP contribution in [-0.2, 0) is 23.3 Å². The number of hydrogen-bond acceptors (Lipinski definition) is 10. The summed E-state index contributed by atoms with van der Waals surface area (Å²) in [4.78, 5) is 52.8. The van der Waals surface area contributed by atoms with E-state index in [-0.39, 0.29) is 59.9 Å². The molecule has 2 aliphatic heterocycles. The number of rotatable bonds is 10. The predicted octanol–water partition coefficient (Wildman–Crippen LogP) is 6.31. The summed E-state index contributed by atoms with van der Waals surface area (Å²) in [6, 6.07) is 11.6. The van der Waals surface area contributed by atoms with E-state index in [1.807, 2.05) is 18.2 Å². The van der Waals surface area contributed by atoms with Crippen LogP contribution < -0.4 is 15.5 Å². The van der Waals surface area contributed by atoms with Crippen molar-refractivity contribution in [2.24, 2.45) is 5.41 Å². The summed E-state index contributed by atoms with van der Waals surface area (Å²) in [5.74, 6) is -1.67. The molecule has 0 radical (unpaired) electrons. The van der Waals surface area contributed by atoms with Gasteiger partial charge in [-0.3, -0.25) is 29.8 Å². The van der Waals surface area contributed by atoms with Crippen LogP contribution in [0.3, 0.4) is 0 Å². The Hall–Kier alpha value is -5.75. The number of H-pyrrole nitrogens is 1. The van der Waals surface area contributed by atoms with E-state index < -0.39 is 35.2 Å². The summed E-state index contributed by atoms with van der Waals surface area (Å²) >= 11 is 6.80. The highest BCUT2D eigenvalue weighted by Crippen LogP contribution is 2.58. The number of hydrogen-bond donors (Lipinski definition) is 3. The molecule has 1 saturated carbocycles. The lowest BCUT2D eigenvalue weighted by Gasteiger charge is -2.59. The first-order valence-electron chi connectivity index (χ1n) is 18.1. The van der Waals surface area contributed by atoms with Crippen LogP contribution in [0.5, 0.6) is 0 Å². The Morgan fingerprint density at radius 1 is 1.09 bits per heavy atom. The number of alkyl halides is 3. The quantitative estimate of drug-likeness (QED) is 0.136. The molecule has 1 aliphatic carbocycles. The minimum absolute atomic E-state index is 0.0186. The number of imide groups is 1. The lowest BCUT2D eigenvalue weighted by molar-refractivity contribution is -0.182. The number of carbonyl (C=O) groups excluding carboxylic acids is 3. The molecule has 2 saturated heterocycles. The standard InChI is InChI=1S/C38H35ClF4N10O4/c1-36(2,38(41,42)43)34-47-29(49-50-34)16-46-33(55)28-11-26(51-57-28)32-44-14-22(15-45-32)23-7-6-20(10-25(23)40)17-52-18-37(19-52)12-21(13-37)24-4-3-5-27(31(24)39)53-9-8-30(54)48-35(53)56/h3-7,10-11,14-15,21H,8-9,12-13,16-19H2,1-2H3,(H,46,55)(H,47,49,50)(H,48,54,56). The van der Waals surface area contributed by atoms with Gasteiger partial charge in [0.1, 0.15) is 17.1 Å². The van der Waals surface area contributed by atoms with Gasteiger partial charge in [0.25, 0.3) is 5.91 Å². The van der Waals surface area contributed by atoms with E-state index in [4.69, 9.17) is 16.1 Å². The Bertz CT molecular complexity index is 2370. The maximum Gasteiger partial charge on any atom is 0.401 e. The third-order valence-electron chi connectivity index (χ3n) is 10.9. The zero-order valence-electron chi connectivity index (χ0n) is 30.6. The van der Waals surface area contributed by atoms with Crippen LogP contribution in [0.15, 0.2) is 59.4 Å².